The number of amides is 1. The summed E-state index contributed by atoms with van der Waals surface area (Å²) in [5, 5.41) is 11.9. The number of nitrogens with zero attached hydrogens (tertiary/aromatic N) is 1. The van der Waals surface area contributed by atoms with Crippen molar-refractivity contribution in [1.29, 1.82) is 0 Å². The summed E-state index contributed by atoms with van der Waals surface area (Å²) in [6.45, 7) is 10.4. The second kappa shape index (κ2) is 9.08. The van der Waals surface area contributed by atoms with Crippen molar-refractivity contribution in [3.8, 4) is 5.75 Å². The zero-order valence-corrected chi connectivity index (χ0v) is 16.6. The first-order chi connectivity index (χ1) is 12.6. The lowest BCUT2D eigenvalue weighted by Gasteiger charge is -2.33. The fourth-order valence-electron chi connectivity index (χ4n) is 3.08. The molecule has 1 aromatic carbocycles. The van der Waals surface area contributed by atoms with Crippen LogP contribution in [0.4, 0.5) is 4.79 Å². The summed E-state index contributed by atoms with van der Waals surface area (Å²) < 4.78 is 11.1. The van der Waals surface area contributed by atoms with Crippen molar-refractivity contribution in [2.75, 3.05) is 26.2 Å². The van der Waals surface area contributed by atoms with E-state index in [9.17, 15) is 9.59 Å². The van der Waals surface area contributed by atoms with Gasteiger partial charge in [-0.25, -0.2) is 9.59 Å². The Hall–Kier alpha value is -2.28. The third-order valence-corrected chi connectivity index (χ3v) is 4.31. The molecule has 1 aliphatic heterocycles. The van der Waals surface area contributed by atoms with E-state index in [1.165, 1.54) is 0 Å². The number of hydrogen-bond acceptors (Lipinski definition) is 5. The van der Waals surface area contributed by atoms with Gasteiger partial charge in [-0.1, -0.05) is 0 Å². The number of ether oxygens (including phenoxy) is 2. The number of aryl methyl sites for hydroxylation is 1. The quantitative estimate of drug-likeness (QED) is 0.791. The molecule has 0 unspecified atom stereocenters. The van der Waals surface area contributed by atoms with Crippen LogP contribution in [0.25, 0.3) is 0 Å². The first kappa shape index (κ1) is 21.0. The predicted octanol–water partition coefficient (Wildman–Crippen LogP) is 3.06. The summed E-state index contributed by atoms with van der Waals surface area (Å²) in [6.07, 6.45) is 1.57. The summed E-state index contributed by atoms with van der Waals surface area (Å²) in [6, 6.07) is 4.93. The first-order valence-electron chi connectivity index (χ1n) is 9.32. The Morgan fingerprint density at radius 1 is 1.33 bits per heavy atom. The molecule has 1 aromatic rings. The van der Waals surface area contributed by atoms with Crippen molar-refractivity contribution < 1.29 is 24.2 Å². The van der Waals surface area contributed by atoms with Gasteiger partial charge >= 0.3 is 12.1 Å². The van der Waals surface area contributed by atoms with Gasteiger partial charge in [-0.15, -0.1) is 0 Å². The molecule has 1 aliphatic rings. The zero-order chi connectivity index (χ0) is 20.0. The highest BCUT2D eigenvalue weighted by Gasteiger charge is 2.24. The van der Waals surface area contributed by atoms with Gasteiger partial charge in [0.25, 0.3) is 0 Å². The minimum Gasteiger partial charge on any atom is -0.492 e. The molecule has 1 fully saturated rings. The highest BCUT2D eigenvalue weighted by atomic mass is 16.6. The number of alkyl carbamates (subject to hydrolysis) is 1. The summed E-state index contributed by atoms with van der Waals surface area (Å²) in [5.74, 6) is -0.248. The van der Waals surface area contributed by atoms with Crippen LogP contribution in [-0.4, -0.2) is 60.0 Å². The highest BCUT2D eigenvalue weighted by Crippen LogP contribution is 2.19. The molecule has 2 N–H and O–H groups in total. The maximum atomic E-state index is 11.9. The van der Waals surface area contributed by atoms with Gasteiger partial charge in [-0.2, -0.15) is 0 Å². The van der Waals surface area contributed by atoms with Gasteiger partial charge in [0.05, 0.1) is 5.56 Å². The molecule has 1 saturated heterocycles. The number of carboxylic acids is 1. The number of rotatable bonds is 6. The maximum absolute atomic E-state index is 11.9. The Balaban J connectivity index is 1.77. The molecular weight excluding hydrogens is 348 g/mol. The topological polar surface area (TPSA) is 88.1 Å². The largest absolute Gasteiger partial charge is 0.492 e. The van der Waals surface area contributed by atoms with Crippen molar-refractivity contribution >= 4 is 12.1 Å². The van der Waals surface area contributed by atoms with Crippen molar-refractivity contribution in [2.24, 2.45) is 0 Å². The van der Waals surface area contributed by atoms with E-state index in [0.717, 1.165) is 38.0 Å². The SMILES string of the molecule is Cc1cc(C(=O)O)ccc1OCCN1CCC[C@H](NC(=O)OC(C)(C)C)C1. The molecule has 1 heterocycles. The number of carbonyl (C=O) groups is 2. The Labute approximate surface area is 160 Å². The van der Waals surface area contributed by atoms with Crippen LogP contribution >= 0.6 is 0 Å². The average molecular weight is 378 g/mol. The number of carbonyl (C=O) groups excluding carboxylic acids is 1. The number of likely N-dealkylation sites (tertiary alicyclic amines) is 1. The number of aromatic carboxylic acids is 1. The molecule has 7 nitrogen and oxygen atoms in total. The number of piperidine rings is 1. The van der Waals surface area contributed by atoms with Crippen LogP contribution in [0, 0.1) is 6.92 Å². The third kappa shape index (κ3) is 7.09. The molecule has 7 heteroatoms. The fourth-order valence-corrected chi connectivity index (χ4v) is 3.08. The Bertz CT molecular complexity index is 669. The lowest BCUT2D eigenvalue weighted by molar-refractivity contribution is 0.0468. The monoisotopic (exact) mass is 378 g/mol. The summed E-state index contributed by atoms with van der Waals surface area (Å²) >= 11 is 0. The van der Waals surface area contributed by atoms with Gasteiger partial charge in [-0.3, -0.25) is 4.90 Å². The van der Waals surface area contributed by atoms with E-state index in [0.29, 0.717) is 12.4 Å². The number of carboxylic acid groups (broad SMARTS) is 1. The van der Waals surface area contributed by atoms with Crippen LogP contribution in [0.5, 0.6) is 5.75 Å². The molecule has 1 amide bonds. The van der Waals surface area contributed by atoms with Crippen LogP contribution in [0.15, 0.2) is 18.2 Å². The van der Waals surface area contributed by atoms with Gasteiger partial charge in [-0.05, 0) is 70.8 Å². The number of nitrogens with one attached hydrogen (secondary N) is 1. The Kier molecular flexibility index (Phi) is 7.07. The van der Waals surface area contributed by atoms with Crippen molar-refractivity contribution in [3.63, 3.8) is 0 Å². The van der Waals surface area contributed by atoms with Crippen LogP contribution in [-0.2, 0) is 4.74 Å². The van der Waals surface area contributed by atoms with Crippen LogP contribution in [0.3, 0.4) is 0 Å². The van der Waals surface area contributed by atoms with Crippen molar-refractivity contribution in [2.45, 2.75) is 52.2 Å². The molecule has 0 aromatic heterocycles. The lowest BCUT2D eigenvalue weighted by atomic mass is 10.1. The van der Waals surface area contributed by atoms with E-state index < -0.39 is 11.6 Å². The molecule has 27 heavy (non-hydrogen) atoms. The van der Waals surface area contributed by atoms with Gasteiger partial charge in [0.1, 0.15) is 18.0 Å². The molecule has 150 valence electrons. The normalized spacial score (nSPS) is 18.0. The molecular formula is C20H30N2O5. The zero-order valence-electron chi connectivity index (χ0n) is 16.6. The third-order valence-electron chi connectivity index (χ3n) is 4.31. The smallest absolute Gasteiger partial charge is 0.407 e. The summed E-state index contributed by atoms with van der Waals surface area (Å²) in [5.41, 5.74) is 0.560. The Morgan fingerprint density at radius 3 is 2.70 bits per heavy atom. The fraction of sp³-hybridized carbons (Fsp3) is 0.600. The second-order valence-electron chi connectivity index (χ2n) is 7.92. The van der Waals surface area contributed by atoms with Gasteiger partial charge in [0.2, 0.25) is 0 Å². The van der Waals surface area contributed by atoms with Crippen molar-refractivity contribution in [1.82, 2.24) is 10.2 Å². The summed E-state index contributed by atoms with van der Waals surface area (Å²) in [4.78, 5) is 25.2. The number of hydrogen-bond donors (Lipinski definition) is 2. The highest BCUT2D eigenvalue weighted by molar-refractivity contribution is 5.88. The Morgan fingerprint density at radius 2 is 2.07 bits per heavy atom. The predicted molar refractivity (Wildman–Crippen MR) is 102 cm³/mol. The minimum absolute atomic E-state index is 0.0742. The van der Waals surface area contributed by atoms with Crippen molar-refractivity contribution in [3.05, 3.63) is 29.3 Å². The molecule has 0 aliphatic carbocycles. The second-order valence-corrected chi connectivity index (χ2v) is 7.92. The van der Waals surface area contributed by atoms with Crippen LogP contribution in [0.1, 0.15) is 49.5 Å². The van der Waals surface area contributed by atoms with E-state index in [-0.39, 0.29) is 17.7 Å². The standard InChI is InChI=1S/C20H30N2O5/c1-14-12-15(18(23)24)7-8-17(14)26-11-10-22-9-5-6-16(13-22)21-19(25)27-20(2,3)4/h7-8,12,16H,5-6,9-11,13H2,1-4H3,(H,21,25)(H,23,24)/t16-/m0/s1. The molecule has 1 atom stereocenters. The van der Waals surface area contributed by atoms with Crippen LogP contribution < -0.4 is 10.1 Å². The van der Waals surface area contributed by atoms with E-state index in [2.05, 4.69) is 10.2 Å². The number of benzene rings is 1. The van der Waals surface area contributed by atoms with Gasteiger partial charge in [0, 0.05) is 19.1 Å². The molecule has 0 bridgehead atoms. The summed E-state index contributed by atoms with van der Waals surface area (Å²) in [7, 11) is 0. The van der Waals surface area contributed by atoms with Crippen LogP contribution in [0.2, 0.25) is 0 Å². The molecule has 2 rings (SSSR count). The van der Waals surface area contributed by atoms with Gasteiger partial charge in [0.15, 0.2) is 0 Å². The first-order valence-corrected chi connectivity index (χ1v) is 9.32. The van der Waals surface area contributed by atoms with E-state index in [1.54, 1.807) is 18.2 Å². The van der Waals surface area contributed by atoms with E-state index >= 15 is 0 Å². The van der Waals surface area contributed by atoms with E-state index in [4.69, 9.17) is 14.6 Å². The van der Waals surface area contributed by atoms with E-state index in [1.807, 2.05) is 27.7 Å². The lowest BCUT2D eigenvalue weighted by Crippen LogP contribution is -2.49. The molecule has 0 radical (unpaired) electrons. The molecule has 0 saturated carbocycles. The maximum Gasteiger partial charge on any atom is 0.407 e. The minimum atomic E-state index is -0.943. The molecule has 0 spiro atoms. The van der Waals surface area contributed by atoms with Gasteiger partial charge < -0.3 is 19.9 Å². The average Bonchev–Trinajstić information content (AvgIpc) is 2.54.